The fourth-order valence-corrected chi connectivity index (χ4v) is 3.40. The monoisotopic (exact) mass is 369 g/mol. The first-order valence-corrected chi connectivity index (χ1v) is 8.84. The number of likely N-dealkylation sites (tertiary alicyclic amines) is 1. The molecule has 4 rings (SSSR count). The van der Waals surface area contributed by atoms with Crippen LogP contribution < -0.4 is 5.32 Å². The van der Waals surface area contributed by atoms with E-state index in [0.717, 1.165) is 11.1 Å². The summed E-state index contributed by atoms with van der Waals surface area (Å²) in [6.07, 6.45) is 0.279. The molecule has 6 nitrogen and oxygen atoms in total. The summed E-state index contributed by atoms with van der Waals surface area (Å²) in [4.78, 5) is 32.0. The van der Waals surface area contributed by atoms with E-state index in [-0.39, 0.29) is 24.2 Å². The molecule has 1 N–H and O–H groups in total. The van der Waals surface area contributed by atoms with Crippen molar-refractivity contribution in [1.82, 2.24) is 15.3 Å². The number of rotatable bonds is 4. The normalized spacial score (nSPS) is 17.9. The van der Waals surface area contributed by atoms with Gasteiger partial charge in [-0.15, -0.1) is 0 Å². The third-order valence-corrected chi connectivity index (χ3v) is 4.83. The molecule has 0 bridgehead atoms. The van der Waals surface area contributed by atoms with Crippen molar-refractivity contribution in [3.63, 3.8) is 0 Å². The van der Waals surface area contributed by atoms with Gasteiger partial charge in [0.15, 0.2) is 0 Å². The number of hydrogen-bond donors (Lipinski definition) is 1. The second-order valence-electron chi connectivity index (χ2n) is 7.01. The van der Waals surface area contributed by atoms with Gasteiger partial charge in [0.2, 0.25) is 5.91 Å². The summed E-state index contributed by atoms with van der Waals surface area (Å²) in [6.45, 7) is 1.47. The maximum absolute atomic E-state index is 12.9. The number of nitrogens with zero attached hydrogens (tertiary/aromatic N) is 2. The molecule has 7 heteroatoms. The molecule has 2 aromatic carbocycles. The number of benzene rings is 2. The molecule has 1 spiro atoms. The molecule has 2 aliphatic heterocycles. The van der Waals surface area contributed by atoms with Crippen LogP contribution in [0.2, 0.25) is 0 Å². The Morgan fingerprint density at radius 2 is 1.78 bits per heavy atom. The highest BCUT2D eigenvalue weighted by Gasteiger charge is 2.54. The summed E-state index contributed by atoms with van der Waals surface area (Å²) in [6, 6.07) is 15.4. The maximum atomic E-state index is 12.9. The number of carbonyl (C=O) groups is 2. The first-order valence-electron chi connectivity index (χ1n) is 8.84. The molecule has 2 fully saturated rings. The van der Waals surface area contributed by atoms with E-state index in [2.05, 4.69) is 5.32 Å². The lowest BCUT2D eigenvalue weighted by atomic mass is 9.91. The standard InChI is InChI=1S/C20H20FN3O3/c21-17-8-6-15(7-9-17)11-22-19(26)23-13-20(14-23)10-18(25)24(27-20)12-16-4-2-1-3-5-16/h1-9H,10-14H2,(H,22,26). The second kappa shape index (κ2) is 7.00. The highest BCUT2D eigenvalue weighted by atomic mass is 19.1. The van der Waals surface area contributed by atoms with Crippen molar-refractivity contribution in [2.45, 2.75) is 25.1 Å². The largest absolute Gasteiger partial charge is 0.334 e. The minimum absolute atomic E-state index is 0.0646. The van der Waals surface area contributed by atoms with E-state index in [9.17, 15) is 14.0 Å². The van der Waals surface area contributed by atoms with Crippen molar-refractivity contribution >= 4 is 11.9 Å². The van der Waals surface area contributed by atoms with Crippen LogP contribution in [0, 0.1) is 5.82 Å². The molecule has 0 unspecified atom stereocenters. The van der Waals surface area contributed by atoms with Crippen LogP contribution in [0.25, 0.3) is 0 Å². The molecule has 140 valence electrons. The zero-order chi connectivity index (χ0) is 18.9. The van der Waals surface area contributed by atoms with Crippen molar-refractivity contribution in [2.75, 3.05) is 13.1 Å². The third kappa shape index (κ3) is 3.78. The first-order chi connectivity index (χ1) is 13.0. The van der Waals surface area contributed by atoms with Gasteiger partial charge >= 0.3 is 6.03 Å². The number of nitrogens with one attached hydrogen (secondary N) is 1. The molecule has 2 aromatic rings. The van der Waals surface area contributed by atoms with Crippen molar-refractivity contribution in [3.05, 3.63) is 71.5 Å². The van der Waals surface area contributed by atoms with Crippen LogP contribution in [0.4, 0.5) is 9.18 Å². The minimum Gasteiger partial charge on any atom is -0.334 e. The van der Waals surface area contributed by atoms with Gasteiger partial charge in [0.1, 0.15) is 11.4 Å². The average molecular weight is 369 g/mol. The van der Waals surface area contributed by atoms with E-state index in [1.165, 1.54) is 17.2 Å². The summed E-state index contributed by atoms with van der Waals surface area (Å²) in [5.41, 5.74) is 1.21. The lowest BCUT2D eigenvalue weighted by molar-refractivity contribution is -0.232. The molecule has 0 saturated carbocycles. The van der Waals surface area contributed by atoms with Crippen molar-refractivity contribution < 1.29 is 18.8 Å². The number of halogens is 1. The quantitative estimate of drug-likeness (QED) is 0.901. The average Bonchev–Trinajstić information content (AvgIpc) is 2.97. The highest BCUT2D eigenvalue weighted by molar-refractivity contribution is 5.80. The molecular weight excluding hydrogens is 349 g/mol. The van der Waals surface area contributed by atoms with Gasteiger partial charge < -0.3 is 10.2 Å². The fourth-order valence-electron chi connectivity index (χ4n) is 3.40. The Bertz CT molecular complexity index is 835. The zero-order valence-corrected chi connectivity index (χ0v) is 14.7. The summed E-state index contributed by atoms with van der Waals surface area (Å²) >= 11 is 0. The third-order valence-electron chi connectivity index (χ3n) is 4.83. The molecule has 2 heterocycles. The first kappa shape index (κ1) is 17.5. The molecule has 3 amide bonds. The number of amides is 3. The molecule has 0 radical (unpaired) electrons. The molecule has 0 aromatic heterocycles. The maximum Gasteiger partial charge on any atom is 0.317 e. The lowest BCUT2D eigenvalue weighted by Gasteiger charge is -2.45. The van der Waals surface area contributed by atoms with Crippen LogP contribution in [0.1, 0.15) is 17.5 Å². The Kier molecular flexibility index (Phi) is 4.53. The van der Waals surface area contributed by atoms with E-state index in [4.69, 9.17) is 4.84 Å². The molecular formula is C20H20FN3O3. The predicted octanol–water partition coefficient (Wildman–Crippen LogP) is 2.45. The van der Waals surface area contributed by atoms with E-state index in [0.29, 0.717) is 26.2 Å². The number of carbonyl (C=O) groups excluding carboxylic acids is 2. The summed E-state index contributed by atoms with van der Waals surface area (Å²) < 4.78 is 12.9. The van der Waals surface area contributed by atoms with Crippen molar-refractivity contribution in [3.8, 4) is 0 Å². The minimum atomic E-state index is -0.612. The van der Waals surface area contributed by atoms with E-state index in [1.807, 2.05) is 30.3 Å². The summed E-state index contributed by atoms with van der Waals surface area (Å²) in [5.74, 6) is -0.372. The van der Waals surface area contributed by atoms with Gasteiger partial charge in [-0.1, -0.05) is 42.5 Å². The van der Waals surface area contributed by atoms with E-state index < -0.39 is 5.60 Å². The van der Waals surface area contributed by atoms with Gasteiger partial charge in [-0.2, -0.15) is 0 Å². The number of urea groups is 1. The highest BCUT2D eigenvalue weighted by Crippen LogP contribution is 2.36. The van der Waals surface area contributed by atoms with Crippen LogP contribution in [-0.4, -0.2) is 40.6 Å². The smallest absolute Gasteiger partial charge is 0.317 e. The van der Waals surface area contributed by atoms with Crippen molar-refractivity contribution in [1.29, 1.82) is 0 Å². The van der Waals surface area contributed by atoms with Crippen LogP contribution in [-0.2, 0) is 22.7 Å². The van der Waals surface area contributed by atoms with Crippen molar-refractivity contribution in [2.24, 2.45) is 0 Å². The molecule has 2 aliphatic rings. The second-order valence-corrected chi connectivity index (χ2v) is 7.01. The fraction of sp³-hybridized carbons (Fsp3) is 0.300. The van der Waals surface area contributed by atoms with Gasteiger partial charge in [0.25, 0.3) is 0 Å². The van der Waals surface area contributed by atoms with Gasteiger partial charge in [0, 0.05) is 6.54 Å². The van der Waals surface area contributed by atoms with E-state index >= 15 is 0 Å². The number of hydroxylamine groups is 2. The SMILES string of the molecule is O=C(NCc1ccc(F)cc1)N1CC2(CC(=O)N(Cc3ccccc3)O2)C1. The number of hydrogen-bond acceptors (Lipinski definition) is 3. The Labute approximate surface area is 156 Å². The van der Waals surface area contributed by atoms with Crippen LogP contribution in [0.3, 0.4) is 0 Å². The van der Waals surface area contributed by atoms with Gasteiger partial charge in [0.05, 0.1) is 26.1 Å². The molecule has 0 atom stereocenters. The van der Waals surface area contributed by atoms with Crippen LogP contribution in [0.5, 0.6) is 0 Å². The van der Waals surface area contributed by atoms with Gasteiger partial charge in [-0.3, -0.25) is 9.63 Å². The summed E-state index contributed by atoms with van der Waals surface area (Å²) in [5, 5.41) is 4.19. The topological polar surface area (TPSA) is 61.9 Å². The Morgan fingerprint density at radius 3 is 2.48 bits per heavy atom. The molecule has 0 aliphatic carbocycles. The van der Waals surface area contributed by atoms with Crippen LogP contribution in [0.15, 0.2) is 54.6 Å². The Morgan fingerprint density at radius 1 is 1.07 bits per heavy atom. The van der Waals surface area contributed by atoms with Gasteiger partial charge in [-0.25, -0.2) is 14.2 Å². The Hall–Kier alpha value is -2.93. The Balaban J connectivity index is 1.27. The summed E-state index contributed by atoms with van der Waals surface area (Å²) in [7, 11) is 0. The molecule has 2 saturated heterocycles. The van der Waals surface area contributed by atoms with Crippen LogP contribution >= 0.6 is 0 Å². The lowest BCUT2D eigenvalue weighted by Crippen LogP contribution is -2.65. The predicted molar refractivity (Wildman–Crippen MR) is 95.6 cm³/mol. The van der Waals surface area contributed by atoms with E-state index in [1.54, 1.807) is 17.0 Å². The van der Waals surface area contributed by atoms with Gasteiger partial charge in [-0.05, 0) is 23.3 Å². The zero-order valence-electron chi connectivity index (χ0n) is 14.7. The molecule has 27 heavy (non-hydrogen) atoms.